The first-order chi connectivity index (χ1) is 6.33. The fourth-order valence-corrected chi connectivity index (χ4v) is 2.00. The molecule has 0 aliphatic carbocycles. The minimum Gasteiger partial charge on any atom is -0.465 e. The maximum absolute atomic E-state index is 11.2. The summed E-state index contributed by atoms with van der Waals surface area (Å²) in [5.41, 5.74) is 1.27. The van der Waals surface area contributed by atoms with E-state index in [4.69, 9.17) is 0 Å². The number of methoxy groups -OCH3 is 1. The normalized spacial score (nSPS) is 10.2. The van der Waals surface area contributed by atoms with E-state index in [1.165, 1.54) is 18.4 Å². The van der Waals surface area contributed by atoms with Crippen LogP contribution in [0.2, 0.25) is 0 Å². The van der Waals surface area contributed by atoms with Crippen molar-refractivity contribution in [2.75, 3.05) is 7.11 Å². The Bertz CT molecular complexity index is 450. The summed E-state index contributed by atoms with van der Waals surface area (Å²) in [4.78, 5) is 15.4. The lowest BCUT2D eigenvalue weighted by molar-refractivity contribution is 0.0603. The molecule has 2 aromatic rings. The lowest BCUT2D eigenvalue weighted by atomic mass is 10.3. The van der Waals surface area contributed by atoms with E-state index in [2.05, 4.69) is 9.72 Å². The van der Waals surface area contributed by atoms with Gasteiger partial charge in [-0.15, -0.1) is 11.3 Å². The van der Waals surface area contributed by atoms with Crippen molar-refractivity contribution in [3.05, 3.63) is 29.3 Å². The van der Waals surface area contributed by atoms with Crippen molar-refractivity contribution >= 4 is 27.5 Å². The average Bonchev–Trinajstić information content (AvgIpc) is 2.60. The van der Waals surface area contributed by atoms with Gasteiger partial charge in [-0.1, -0.05) is 0 Å². The van der Waals surface area contributed by atoms with Gasteiger partial charge in [0.15, 0.2) is 0 Å². The molecule has 0 atom stereocenters. The molecular weight excluding hydrogens is 186 g/mol. The minimum absolute atomic E-state index is 0.329. The predicted octanol–water partition coefficient (Wildman–Crippen LogP) is 2.08. The van der Waals surface area contributed by atoms with E-state index in [0.717, 1.165) is 10.2 Å². The number of aromatic nitrogens is 1. The van der Waals surface area contributed by atoms with E-state index in [1.54, 1.807) is 11.6 Å². The molecule has 0 bridgehead atoms. The van der Waals surface area contributed by atoms with Crippen LogP contribution in [0.1, 0.15) is 10.4 Å². The van der Waals surface area contributed by atoms with Crippen LogP contribution in [0.15, 0.2) is 23.7 Å². The number of fused-ring (bicyclic) bond motifs is 1. The van der Waals surface area contributed by atoms with Crippen LogP contribution in [0.25, 0.3) is 10.2 Å². The van der Waals surface area contributed by atoms with Crippen molar-refractivity contribution in [1.29, 1.82) is 0 Å². The van der Waals surface area contributed by atoms with Gasteiger partial charge in [-0.2, -0.15) is 0 Å². The zero-order chi connectivity index (χ0) is 9.26. The Kier molecular flexibility index (Phi) is 1.98. The molecule has 0 radical (unpaired) electrons. The number of hydrogen-bond acceptors (Lipinski definition) is 4. The molecule has 2 rings (SSSR count). The van der Waals surface area contributed by atoms with Crippen LogP contribution in [-0.4, -0.2) is 18.1 Å². The maximum atomic E-state index is 11.2. The average molecular weight is 193 g/mol. The van der Waals surface area contributed by atoms with Crippen molar-refractivity contribution in [1.82, 2.24) is 4.98 Å². The Morgan fingerprint density at radius 2 is 2.46 bits per heavy atom. The lowest BCUT2D eigenvalue weighted by Gasteiger charge is -1.94. The molecule has 0 aliphatic heterocycles. The fraction of sp³-hybridized carbons (Fsp3) is 0.111. The quantitative estimate of drug-likeness (QED) is 0.651. The molecule has 0 unspecified atom stereocenters. The third kappa shape index (κ3) is 1.29. The first-order valence-electron chi connectivity index (χ1n) is 3.73. The van der Waals surface area contributed by atoms with Crippen LogP contribution in [-0.2, 0) is 4.74 Å². The first kappa shape index (κ1) is 8.19. The highest BCUT2D eigenvalue weighted by Crippen LogP contribution is 2.23. The molecule has 0 saturated heterocycles. The number of carbonyl (C=O) groups excluding carboxylic acids is 1. The van der Waals surface area contributed by atoms with Gasteiger partial charge in [0.1, 0.15) is 0 Å². The molecule has 0 spiro atoms. The second-order valence-electron chi connectivity index (χ2n) is 2.49. The SMILES string of the molecule is COC(=O)c1csc2cccnc12. The molecule has 4 heteroatoms. The van der Waals surface area contributed by atoms with E-state index in [9.17, 15) is 4.79 Å². The highest BCUT2D eigenvalue weighted by atomic mass is 32.1. The van der Waals surface area contributed by atoms with E-state index in [-0.39, 0.29) is 5.97 Å². The molecule has 2 heterocycles. The summed E-state index contributed by atoms with van der Waals surface area (Å²) in [6.07, 6.45) is 1.67. The van der Waals surface area contributed by atoms with Crippen LogP contribution in [0, 0.1) is 0 Å². The van der Waals surface area contributed by atoms with E-state index < -0.39 is 0 Å². The van der Waals surface area contributed by atoms with Gasteiger partial charge in [0, 0.05) is 11.6 Å². The smallest absolute Gasteiger partial charge is 0.340 e. The van der Waals surface area contributed by atoms with E-state index >= 15 is 0 Å². The largest absolute Gasteiger partial charge is 0.465 e. The van der Waals surface area contributed by atoms with Crippen LogP contribution in [0.5, 0.6) is 0 Å². The molecule has 0 aromatic carbocycles. The summed E-state index contributed by atoms with van der Waals surface area (Å²) in [7, 11) is 1.37. The van der Waals surface area contributed by atoms with E-state index in [1.807, 2.05) is 12.1 Å². The van der Waals surface area contributed by atoms with Crippen molar-refractivity contribution in [3.8, 4) is 0 Å². The monoisotopic (exact) mass is 193 g/mol. The third-order valence-corrected chi connectivity index (χ3v) is 2.67. The molecule has 0 N–H and O–H groups in total. The number of pyridine rings is 1. The van der Waals surface area contributed by atoms with Crippen LogP contribution in [0.4, 0.5) is 0 Å². The summed E-state index contributed by atoms with van der Waals surface area (Å²) in [5.74, 6) is -0.329. The second-order valence-corrected chi connectivity index (χ2v) is 3.40. The van der Waals surface area contributed by atoms with Crippen molar-refractivity contribution in [3.63, 3.8) is 0 Å². The standard InChI is InChI=1S/C9H7NO2S/c1-12-9(11)6-5-13-7-3-2-4-10-8(6)7/h2-5H,1H3. The van der Waals surface area contributed by atoms with E-state index in [0.29, 0.717) is 5.56 Å². The van der Waals surface area contributed by atoms with Crippen LogP contribution >= 0.6 is 11.3 Å². The van der Waals surface area contributed by atoms with Crippen LogP contribution in [0.3, 0.4) is 0 Å². The Morgan fingerprint density at radius 1 is 1.62 bits per heavy atom. The zero-order valence-electron chi connectivity index (χ0n) is 6.98. The number of hydrogen-bond donors (Lipinski definition) is 0. The molecule has 0 amide bonds. The van der Waals surface area contributed by atoms with Crippen molar-refractivity contribution in [2.24, 2.45) is 0 Å². The minimum atomic E-state index is -0.329. The molecule has 66 valence electrons. The fourth-order valence-electron chi connectivity index (χ4n) is 1.12. The Balaban J connectivity index is 2.64. The predicted molar refractivity (Wildman–Crippen MR) is 51.0 cm³/mol. The Labute approximate surface area is 79.0 Å². The summed E-state index contributed by atoms with van der Waals surface area (Å²) in [6.45, 7) is 0. The first-order valence-corrected chi connectivity index (χ1v) is 4.61. The molecule has 3 nitrogen and oxygen atoms in total. The summed E-state index contributed by atoms with van der Waals surface area (Å²) in [6, 6.07) is 3.78. The number of rotatable bonds is 1. The second kappa shape index (κ2) is 3.14. The summed E-state index contributed by atoms with van der Waals surface area (Å²) in [5, 5.41) is 1.77. The molecule has 0 aliphatic rings. The highest BCUT2D eigenvalue weighted by molar-refractivity contribution is 7.17. The van der Waals surface area contributed by atoms with Crippen LogP contribution < -0.4 is 0 Å². The lowest BCUT2D eigenvalue weighted by Crippen LogP contribution is -1.99. The zero-order valence-corrected chi connectivity index (χ0v) is 7.80. The summed E-state index contributed by atoms with van der Waals surface area (Å²) < 4.78 is 5.63. The van der Waals surface area contributed by atoms with Gasteiger partial charge in [0.2, 0.25) is 0 Å². The Morgan fingerprint density at radius 3 is 3.23 bits per heavy atom. The molecule has 0 fully saturated rings. The number of esters is 1. The van der Waals surface area contributed by atoms with Gasteiger partial charge in [0.25, 0.3) is 0 Å². The number of ether oxygens (including phenoxy) is 1. The number of carbonyl (C=O) groups is 1. The van der Waals surface area contributed by atoms with Gasteiger partial charge in [0.05, 0.1) is 22.9 Å². The molecule has 2 aromatic heterocycles. The highest BCUT2D eigenvalue weighted by Gasteiger charge is 2.12. The van der Waals surface area contributed by atoms with Crippen molar-refractivity contribution in [2.45, 2.75) is 0 Å². The molecular formula is C9H7NO2S. The maximum Gasteiger partial charge on any atom is 0.340 e. The third-order valence-electron chi connectivity index (χ3n) is 1.73. The van der Waals surface area contributed by atoms with Gasteiger partial charge in [-0.05, 0) is 12.1 Å². The summed E-state index contributed by atoms with van der Waals surface area (Å²) >= 11 is 1.49. The molecule has 0 saturated carbocycles. The number of thiophene rings is 1. The van der Waals surface area contributed by atoms with Gasteiger partial charge in [-0.3, -0.25) is 4.98 Å². The van der Waals surface area contributed by atoms with Gasteiger partial charge < -0.3 is 4.74 Å². The van der Waals surface area contributed by atoms with Gasteiger partial charge in [-0.25, -0.2) is 4.79 Å². The molecule has 13 heavy (non-hydrogen) atoms. The topological polar surface area (TPSA) is 39.2 Å². The Hall–Kier alpha value is -1.42. The van der Waals surface area contributed by atoms with Crippen molar-refractivity contribution < 1.29 is 9.53 Å². The van der Waals surface area contributed by atoms with Gasteiger partial charge >= 0.3 is 5.97 Å². The number of nitrogens with zero attached hydrogens (tertiary/aromatic N) is 1.